The van der Waals surface area contributed by atoms with Crippen LogP contribution in [0.3, 0.4) is 0 Å². The smallest absolute Gasteiger partial charge is 0.220 e. The molecule has 1 unspecified atom stereocenters. The first-order valence-electron chi connectivity index (χ1n) is 7.35. The summed E-state index contributed by atoms with van der Waals surface area (Å²) in [5.41, 5.74) is 0.618. The van der Waals surface area contributed by atoms with Gasteiger partial charge in [-0.25, -0.2) is 4.39 Å². The number of rotatable bonds is 6. The quantitative estimate of drug-likeness (QED) is 0.875. The molecule has 0 bridgehead atoms. The third kappa shape index (κ3) is 4.17. The molecule has 5 heteroatoms. The number of halogens is 1. The Morgan fingerprint density at radius 3 is 2.81 bits per heavy atom. The summed E-state index contributed by atoms with van der Waals surface area (Å²) in [6.45, 7) is 5.40. The fraction of sp³-hybridized carbons (Fsp3) is 0.562. The highest BCUT2D eigenvalue weighted by Crippen LogP contribution is 2.20. The van der Waals surface area contributed by atoms with Crippen molar-refractivity contribution in [1.29, 1.82) is 0 Å². The number of benzene rings is 1. The van der Waals surface area contributed by atoms with Crippen LogP contribution in [-0.2, 0) is 11.3 Å². The van der Waals surface area contributed by atoms with Gasteiger partial charge in [-0.2, -0.15) is 0 Å². The summed E-state index contributed by atoms with van der Waals surface area (Å²) >= 11 is 0. The first-order valence-corrected chi connectivity index (χ1v) is 7.35. The summed E-state index contributed by atoms with van der Waals surface area (Å²) in [6, 6.07) is 5.22. The van der Waals surface area contributed by atoms with Gasteiger partial charge in [0.25, 0.3) is 0 Å². The minimum absolute atomic E-state index is 0.108. The van der Waals surface area contributed by atoms with E-state index in [9.17, 15) is 9.18 Å². The number of carbonyl (C=O) groups excluding carboxylic acids is 1. The first kappa shape index (κ1) is 15.8. The Morgan fingerprint density at radius 1 is 1.48 bits per heavy atom. The van der Waals surface area contributed by atoms with Gasteiger partial charge in [0, 0.05) is 37.2 Å². The Morgan fingerprint density at radius 2 is 2.24 bits per heavy atom. The van der Waals surface area contributed by atoms with Gasteiger partial charge in [0.15, 0.2) is 0 Å². The van der Waals surface area contributed by atoms with Crippen LogP contribution in [0, 0.1) is 5.82 Å². The molecule has 1 amide bonds. The van der Waals surface area contributed by atoms with Crippen LogP contribution in [0.4, 0.5) is 4.39 Å². The van der Waals surface area contributed by atoms with E-state index < -0.39 is 0 Å². The van der Waals surface area contributed by atoms with Crippen molar-refractivity contribution in [2.24, 2.45) is 0 Å². The van der Waals surface area contributed by atoms with Crippen molar-refractivity contribution >= 4 is 5.91 Å². The summed E-state index contributed by atoms with van der Waals surface area (Å²) in [6.07, 6.45) is 1.44. The molecule has 2 rings (SSSR count). The zero-order chi connectivity index (χ0) is 15.4. The Hall–Kier alpha value is -1.62. The lowest BCUT2D eigenvalue weighted by Gasteiger charge is -2.29. The predicted molar refractivity (Wildman–Crippen MR) is 79.7 cm³/mol. The number of ether oxygens (including phenoxy) is 1. The van der Waals surface area contributed by atoms with Gasteiger partial charge in [0.2, 0.25) is 5.91 Å². The van der Waals surface area contributed by atoms with Gasteiger partial charge in [-0.05, 0) is 38.5 Å². The largest absolute Gasteiger partial charge is 0.497 e. The molecule has 1 atom stereocenters. The number of hydrogen-bond acceptors (Lipinski definition) is 3. The van der Waals surface area contributed by atoms with Crippen molar-refractivity contribution in [2.75, 3.05) is 13.7 Å². The van der Waals surface area contributed by atoms with Crippen molar-refractivity contribution in [3.63, 3.8) is 0 Å². The Balaban J connectivity index is 2.07. The van der Waals surface area contributed by atoms with Gasteiger partial charge >= 0.3 is 0 Å². The molecule has 1 N–H and O–H groups in total. The van der Waals surface area contributed by atoms with E-state index in [1.54, 1.807) is 19.2 Å². The van der Waals surface area contributed by atoms with Crippen molar-refractivity contribution in [2.45, 2.75) is 45.3 Å². The average Bonchev–Trinajstić information content (AvgIpc) is 2.85. The SMILES string of the molecule is COc1ccc(F)c(CN(CC2CCC(=O)N2)C(C)C)c1. The molecule has 0 radical (unpaired) electrons. The van der Waals surface area contributed by atoms with Gasteiger partial charge in [0.05, 0.1) is 7.11 Å². The normalized spacial score (nSPS) is 18.4. The second-order valence-corrected chi connectivity index (χ2v) is 5.78. The van der Waals surface area contributed by atoms with Crippen LogP contribution in [0.1, 0.15) is 32.3 Å². The fourth-order valence-corrected chi connectivity index (χ4v) is 2.57. The van der Waals surface area contributed by atoms with Crippen molar-refractivity contribution in [3.8, 4) is 5.75 Å². The number of nitrogens with one attached hydrogen (secondary N) is 1. The summed E-state index contributed by atoms with van der Waals surface area (Å²) in [5.74, 6) is 0.539. The van der Waals surface area contributed by atoms with Gasteiger partial charge < -0.3 is 10.1 Å². The Kier molecular flexibility index (Phi) is 5.17. The Labute approximate surface area is 125 Å². The van der Waals surface area contributed by atoms with E-state index >= 15 is 0 Å². The van der Waals surface area contributed by atoms with Gasteiger partial charge in [0.1, 0.15) is 11.6 Å². The lowest BCUT2D eigenvalue weighted by molar-refractivity contribution is -0.119. The zero-order valence-electron chi connectivity index (χ0n) is 12.9. The summed E-state index contributed by atoms with van der Waals surface area (Å²) in [4.78, 5) is 13.5. The Bertz CT molecular complexity index is 505. The van der Waals surface area contributed by atoms with E-state index in [2.05, 4.69) is 24.1 Å². The molecule has 1 aliphatic rings. The fourth-order valence-electron chi connectivity index (χ4n) is 2.57. The maximum absolute atomic E-state index is 14.0. The maximum atomic E-state index is 14.0. The maximum Gasteiger partial charge on any atom is 0.220 e. The van der Waals surface area contributed by atoms with E-state index in [-0.39, 0.29) is 23.8 Å². The van der Waals surface area contributed by atoms with Crippen LogP contribution >= 0.6 is 0 Å². The molecule has 1 aliphatic heterocycles. The molecule has 1 aromatic carbocycles. The van der Waals surface area contributed by atoms with E-state index in [0.29, 0.717) is 24.3 Å². The highest BCUT2D eigenvalue weighted by atomic mass is 19.1. The van der Waals surface area contributed by atoms with Gasteiger partial charge in [-0.15, -0.1) is 0 Å². The molecule has 0 aliphatic carbocycles. The minimum Gasteiger partial charge on any atom is -0.497 e. The van der Waals surface area contributed by atoms with Crippen LogP contribution in [0.25, 0.3) is 0 Å². The molecule has 0 saturated carbocycles. The molecule has 0 spiro atoms. The van der Waals surface area contributed by atoms with Crippen molar-refractivity contribution in [1.82, 2.24) is 10.2 Å². The monoisotopic (exact) mass is 294 g/mol. The summed E-state index contributed by atoms with van der Waals surface area (Å²) < 4.78 is 19.1. The van der Waals surface area contributed by atoms with Gasteiger partial charge in [-0.3, -0.25) is 9.69 Å². The average molecular weight is 294 g/mol. The van der Waals surface area contributed by atoms with E-state index in [1.165, 1.54) is 6.07 Å². The number of amides is 1. The third-order valence-corrected chi connectivity index (χ3v) is 3.90. The molecule has 21 heavy (non-hydrogen) atoms. The lowest BCUT2D eigenvalue weighted by Crippen LogP contribution is -2.41. The van der Waals surface area contributed by atoms with E-state index in [0.717, 1.165) is 13.0 Å². The van der Waals surface area contributed by atoms with Crippen LogP contribution in [0.15, 0.2) is 18.2 Å². The third-order valence-electron chi connectivity index (χ3n) is 3.90. The predicted octanol–water partition coefficient (Wildman–Crippen LogP) is 2.32. The highest BCUT2D eigenvalue weighted by Gasteiger charge is 2.24. The molecular weight excluding hydrogens is 271 g/mol. The lowest BCUT2D eigenvalue weighted by atomic mass is 10.1. The number of nitrogens with zero attached hydrogens (tertiary/aromatic N) is 1. The topological polar surface area (TPSA) is 41.6 Å². The van der Waals surface area contributed by atoms with Crippen LogP contribution in [-0.4, -0.2) is 36.5 Å². The molecule has 4 nitrogen and oxygen atoms in total. The van der Waals surface area contributed by atoms with Gasteiger partial charge in [-0.1, -0.05) is 0 Å². The number of carbonyl (C=O) groups is 1. The molecule has 116 valence electrons. The molecular formula is C16H23FN2O2. The summed E-state index contributed by atoms with van der Waals surface area (Å²) in [7, 11) is 1.57. The van der Waals surface area contributed by atoms with Crippen molar-refractivity contribution in [3.05, 3.63) is 29.6 Å². The van der Waals surface area contributed by atoms with Crippen LogP contribution in [0.5, 0.6) is 5.75 Å². The van der Waals surface area contributed by atoms with Crippen LogP contribution < -0.4 is 10.1 Å². The second-order valence-electron chi connectivity index (χ2n) is 5.78. The minimum atomic E-state index is -0.225. The van der Waals surface area contributed by atoms with Crippen LogP contribution in [0.2, 0.25) is 0 Å². The summed E-state index contributed by atoms with van der Waals surface area (Å²) in [5, 5.41) is 2.96. The number of methoxy groups -OCH3 is 1. The van der Waals surface area contributed by atoms with E-state index in [4.69, 9.17) is 4.74 Å². The van der Waals surface area contributed by atoms with E-state index in [1.807, 2.05) is 0 Å². The highest BCUT2D eigenvalue weighted by molar-refractivity contribution is 5.78. The first-order chi connectivity index (χ1) is 9.99. The van der Waals surface area contributed by atoms with Crippen molar-refractivity contribution < 1.29 is 13.9 Å². The standard InChI is InChI=1S/C16H23FN2O2/c1-11(2)19(10-13-4-7-16(20)18-13)9-12-8-14(21-3)5-6-15(12)17/h5-6,8,11,13H,4,7,9-10H2,1-3H3,(H,18,20). The molecule has 1 fully saturated rings. The molecule has 1 aromatic rings. The molecule has 1 heterocycles. The zero-order valence-corrected chi connectivity index (χ0v) is 12.9. The number of hydrogen-bond donors (Lipinski definition) is 1. The molecule has 1 saturated heterocycles. The molecule has 0 aromatic heterocycles. The second kappa shape index (κ2) is 6.89.